The molecule has 0 aromatic heterocycles. The van der Waals surface area contributed by atoms with E-state index in [-0.39, 0.29) is 18.5 Å². The summed E-state index contributed by atoms with van der Waals surface area (Å²) in [4.78, 5) is 24.4. The van der Waals surface area contributed by atoms with Crippen LogP contribution in [0.1, 0.15) is 251 Å². The van der Waals surface area contributed by atoms with Crippen LogP contribution < -0.4 is 5.32 Å². The largest absolute Gasteiger partial charge is 0.466 e. The first kappa shape index (κ1) is 56.8. The van der Waals surface area contributed by atoms with Crippen molar-refractivity contribution in [2.45, 2.75) is 264 Å². The van der Waals surface area contributed by atoms with Gasteiger partial charge in [0.1, 0.15) is 0 Å². The minimum Gasteiger partial charge on any atom is -0.466 e. The van der Waals surface area contributed by atoms with E-state index < -0.39 is 12.1 Å². The van der Waals surface area contributed by atoms with Gasteiger partial charge in [0.2, 0.25) is 5.91 Å². The molecular formula is C53H97NO5. The highest BCUT2D eigenvalue weighted by Gasteiger charge is 2.18. The van der Waals surface area contributed by atoms with Crippen LogP contribution in [0.5, 0.6) is 0 Å². The molecule has 0 fully saturated rings. The van der Waals surface area contributed by atoms with Crippen molar-refractivity contribution >= 4 is 11.9 Å². The fourth-order valence-electron chi connectivity index (χ4n) is 7.35. The molecule has 0 bridgehead atoms. The van der Waals surface area contributed by atoms with E-state index in [0.717, 1.165) is 103 Å². The first-order chi connectivity index (χ1) is 29.0. The molecule has 0 radical (unpaired) electrons. The van der Waals surface area contributed by atoms with Gasteiger partial charge in [-0.1, -0.05) is 197 Å². The maximum Gasteiger partial charge on any atom is 0.305 e. The molecule has 0 aliphatic heterocycles. The standard InChI is InChI=1S/C53H97NO5/c1-3-5-7-9-11-13-15-17-19-20-21-25-29-33-37-41-45-51(56)50(49-55)54-52(57)46-42-38-34-30-26-23-24-28-32-36-40-44-48-59-53(58)47-43-39-35-31-27-22-18-16-14-12-10-8-6-4-2/h10,12,16,18,24,28,41,45,50-51,55-56H,3-9,11,13-15,17,19-23,25-27,29-40,42-44,46-49H2,1-2H3,(H,54,57)/b12-10-,18-16-,28-24-,45-41+. The fraction of sp³-hybridized carbons (Fsp3) is 0.811. The van der Waals surface area contributed by atoms with Crippen molar-refractivity contribution < 1.29 is 24.5 Å². The van der Waals surface area contributed by atoms with Gasteiger partial charge in [-0.25, -0.2) is 0 Å². The number of allylic oxidation sites excluding steroid dienone is 7. The normalized spacial score (nSPS) is 13.1. The summed E-state index contributed by atoms with van der Waals surface area (Å²) in [5.74, 6) is -0.135. The molecule has 6 nitrogen and oxygen atoms in total. The molecule has 2 atom stereocenters. The number of ether oxygens (including phenoxy) is 1. The molecule has 3 N–H and O–H groups in total. The molecule has 6 heteroatoms. The molecule has 0 heterocycles. The summed E-state index contributed by atoms with van der Waals surface area (Å²) in [7, 11) is 0. The summed E-state index contributed by atoms with van der Waals surface area (Å²) >= 11 is 0. The monoisotopic (exact) mass is 828 g/mol. The van der Waals surface area contributed by atoms with Crippen molar-refractivity contribution in [3.8, 4) is 0 Å². The van der Waals surface area contributed by atoms with E-state index in [1.165, 1.54) is 122 Å². The van der Waals surface area contributed by atoms with E-state index in [4.69, 9.17) is 4.74 Å². The smallest absolute Gasteiger partial charge is 0.305 e. The number of esters is 1. The van der Waals surface area contributed by atoms with Gasteiger partial charge in [-0.2, -0.15) is 0 Å². The van der Waals surface area contributed by atoms with E-state index in [9.17, 15) is 19.8 Å². The lowest BCUT2D eigenvalue weighted by atomic mass is 10.0. The number of rotatable bonds is 46. The quantitative estimate of drug-likeness (QED) is 0.0323. The molecule has 0 aliphatic rings. The predicted molar refractivity (Wildman–Crippen MR) is 255 cm³/mol. The Morgan fingerprint density at radius 3 is 1.36 bits per heavy atom. The maximum atomic E-state index is 12.4. The van der Waals surface area contributed by atoms with Gasteiger partial charge < -0.3 is 20.3 Å². The van der Waals surface area contributed by atoms with Crippen LogP contribution >= 0.6 is 0 Å². The van der Waals surface area contributed by atoms with Crippen LogP contribution in [-0.2, 0) is 14.3 Å². The van der Waals surface area contributed by atoms with Crippen LogP contribution in [0.3, 0.4) is 0 Å². The van der Waals surface area contributed by atoms with E-state index in [1.54, 1.807) is 6.08 Å². The van der Waals surface area contributed by atoms with E-state index >= 15 is 0 Å². The summed E-state index contributed by atoms with van der Waals surface area (Å²) in [6.07, 6.45) is 59.6. The predicted octanol–water partition coefficient (Wildman–Crippen LogP) is 15.1. The Morgan fingerprint density at radius 2 is 0.864 bits per heavy atom. The second-order valence-electron chi connectivity index (χ2n) is 17.1. The van der Waals surface area contributed by atoms with Crippen molar-refractivity contribution in [2.24, 2.45) is 0 Å². The topological polar surface area (TPSA) is 95.9 Å². The highest BCUT2D eigenvalue weighted by Crippen LogP contribution is 2.15. The van der Waals surface area contributed by atoms with Gasteiger partial charge in [0.05, 0.1) is 25.4 Å². The fourth-order valence-corrected chi connectivity index (χ4v) is 7.35. The molecule has 0 saturated carbocycles. The van der Waals surface area contributed by atoms with Gasteiger partial charge in [0, 0.05) is 12.8 Å². The summed E-state index contributed by atoms with van der Waals surface area (Å²) < 4.78 is 5.43. The molecule has 0 saturated heterocycles. The van der Waals surface area contributed by atoms with Gasteiger partial charge in [-0.3, -0.25) is 9.59 Å². The Bertz CT molecular complexity index is 1000. The van der Waals surface area contributed by atoms with Crippen LogP contribution in [-0.4, -0.2) is 47.4 Å². The van der Waals surface area contributed by atoms with E-state index in [2.05, 4.69) is 55.6 Å². The maximum absolute atomic E-state index is 12.4. The number of carbonyl (C=O) groups is 2. The summed E-state index contributed by atoms with van der Waals surface area (Å²) in [5.41, 5.74) is 0. The molecule has 344 valence electrons. The number of hydrogen-bond donors (Lipinski definition) is 3. The number of aliphatic hydroxyl groups excluding tert-OH is 2. The summed E-state index contributed by atoms with van der Waals surface area (Å²) in [6, 6.07) is -0.648. The number of unbranched alkanes of at least 4 members (excludes halogenated alkanes) is 29. The van der Waals surface area contributed by atoms with Crippen molar-refractivity contribution in [3.63, 3.8) is 0 Å². The lowest BCUT2D eigenvalue weighted by Gasteiger charge is -2.20. The van der Waals surface area contributed by atoms with Crippen molar-refractivity contribution in [3.05, 3.63) is 48.6 Å². The zero-order valence-electron chi connectivity index (χ0n) is 39.0. The Morgan fingerprint density at radius 1 is 0.475 bits per heavy atom. The van der Waals surface area contributed by atoms with Gasteiger partial charge in [0.25, 0.3) is 0 Å². The molecule has 1 amide bonds. The minimum atomic E-state index is -0.862. The number of aliphatic hydroxyl groups is 2. The lowest BCUT2D eigenvalue weighted by Crippen LogP contribution is -2.45. The van der Waals surface area contributed by atoms with Gasteiger partial charge in [-0.05, 0) is 89.9 Å². The Labute approximate surface area is 366 Å². The number of hydrogen-bond acceptors (Lipinski definition) is 5. The van der Waals surface area contributed by atoms with Crippen LogP contribution in [0.2, 0.25) is 0 Å². The number of amides is 1. The minimum absolute atomic E-state index is 0.0399. The van der Waals surface area contributed by atoms with Gasteiger partial charge in [0.15, 0.2) is 0 Å². The van der Waals surface area contributed by atoms with Crippen LogP contribution in [0.25, 0.3) is 0 Å². The van der Waals surface area contributed by atoms with Crippen LogP contribution in [0.15, 0.2) is 48.6 Å². The van der Waals surface area contributed by atoms with Crippen LogP contribution in [0.4, 0.5) is 0 Å². The van der Waals surface area contributed by atoms with Crippen molar-refractivity contribution in [1.82, 2.24) is 5.32 Å². The average molecular weight is 828 g/mol. The highest BCUT2D eigenvalue weighted by molar-refractivity contribution is 5.76. The van der Waals surface area contributed by atoms with Crippen LogP contribution in [0, 0.1) is 0 Å². The average Bonchev–Trinajstić information content (AvgIpc) is 3.24. The SMILES string of the molecule is CCCC/C=C\C/C=C\CCCCCCCC(=O)OCCCCC/C=C\CCCCCCCC(=O)NC(CO)C(O)/C=C/CCCCCCCCCCCCCCCC. The Hall–Kier alpha value is -2.18. The zero-order chi connectivity index (χ0) is 43.0. The molecule has 0 aromatic carbocycles. The second-order valence-corrected chi connectivity index (χ2v) is 17.1. The molecule has 2 unspecified atom stereocenters. The van der Waals surface area contributed by atoms with Crippen molar-refractivity contribution in [2.75, 3.05) is 13.2 Å². The molecule has 59 heavy (non-hydrogen) atoms. The molecule has 0 aromatic rings. The first-order valence-electron chi connectivity index (χ1n) is 25.4. The number of nitrogens with one attached hydrogen (secondary N) is 1. The first-order valence-corrected chi connectivity index (χ1v) is 25.4. The third-order valence-corrected chi connectivity index (χ3v) is 11.3. The summed E-state index contributed by atoms with van der Waals surface area (Å²) in [5, 5.41) is 23.0. The molecule has 0 spiro atoms. The van der Waals surface area contributed by atoms with Gasteiger partial charge >= 0.3 is 5.97 Å². The zero-order valence-corrected chi connectivity index (χ0v) is 39.0. The van der Waals surface area contributed by atoms with Gasteiger partial charge in [-0.15, -0.1) is 0 Å². The molecular weight excluding hydrogens is 731 g/mol. The summed E-state index contributed by atoms with van der Waals surface area (Å²) in [6.45, 7) is 4.78. The van der Waals surface area contributed by atoms with Crippen molar-refractivity contribution in [1.29, 1.82) is 0 Å². The Balaban J connectivity index is 3.57. The van der Waals surface area contributed by atoms with E-state index in [1.807, 2.05) is 6.08 Å². The molecule has 0 rings (SSSR count). The highest BCUT2D eigenvalue weighted by atomic mass is 16.5. The Kier molecular flexibility index (Phi) is 46.7. The lowest BCUT2D eigenvalue weighted by molar-refractivity contribution is -0.143. The molecule has 0 aliphatic carbocycles. The second kappa shape index (κ2) is 48.5. The third kappa shape index (κ3) is 45.2. The third-order valence-electron chi connectivity index (χ3n) is 11.3. The van der Waals surface area contributed by atoms with E-state index in [0.29, 0.717) is 19.4 Å². The number of carbonyl (C=O) groups excluding carboxylic acids is 2.